The maximum Gasteiger partial charge on any atom is 0.188 e. The SMILES string of the molecule is CC[C@H]1O[C@H](O[C@H]2O[C@H](CO[Si](C)(C)C)C(O[Si](C)(C)C)[C@H](C)[C@H]2C)[C@H](O[Si](C)(C)C)[C@@H](O[Si](C)(C)C)[C@@H]1C. The van der Waals surface area contributed by atoms with Crippen LogP contribution in [0.5, 0.6) is 0 Å². The summed E-state index contributed by atoms with van der Waals surface area (Å²) in [5, 5.41) is 0. The van der Waals surface area contributed by atoms with Crippen molar-refractivity contribution in [1.29, 1.82) is 0 Å². The third-order valence-corrected chi connectivity index (χ3v) is 11.2. The summed E-state index contributed by atoms with van der Waals surface area (Å²) >= 11 is 0. The van der Waals surface area contributed by atoms with Gasteiger partial charge in [-0.3, -0.25) is 0 Å². The minimum absolute atomic E-state index is 0.0307. The fourth-order valence-electron chi connectivity index (χ4n) is 5.34. The Hall–Kier alpha value is 0.588. The summed E-state index contributed by atoms with van der Waals surface area (Å²) in [6.45, 7) is 36.1. The highest BCUT2D eigenvalue weighted by atomic mass is 28.4. The van der Waals surface area contributed by atoms with Crippen molar-refractivity contribution in [3.63, 3.8) is 0 Å². The van der Waals surface area contributed by atoms with Crippen molar-refractivity contribution in [3.8, 4) is 0 Å². The van der Waals surface area contributed by atoms with Crippen molar-refractivity contribution in [3.05, 3.63) is 0 Å². The molecule has 2 heterocycles. The van der Waals surface area contributed by atoms with E-state index in [-0.39, 0.29) is 48.3 Å². The molecule has 11 heteroatoms. The summed E-state index contributed by atoms with van der Waals surface area (Å²) in [6, 6.07) is 0. The number of rotatable bonds is 12. The van der Waals surface area contributed by atoms with E-state index in [0.29, 0.717) is 6.61 Å². The van der Waals surface area contributed by atoms with E-state index in [0.717, 1.165) is 6.42 Å². The molecule has 2 rings (SSSR count). The van der Waals surface area contributed by atoms with Gasteiger partial charge in [0.2, 0.25) is 0 Å². The molecular weight excluding hydrogens is 561 g/mol. The molecule has 2 fully saturated rings. The third kappa shape index (κ3) is 11.3. The van der Waals surface area contributed by atoms with Crippen LogP contribution in [-0.4, -0.2) is 83.0 Å². The Bertz CT molecular complexity index is 759. The molecule has 2 aliphatic heterocycles. The summed E-state index contributed by atoms with van der Waals surface area (Å²) in [7, 11) is -7.35. The predicted octanol–water partition coefficient (Wildman–Crippen LogP) is 7.28. The van der Waals surface area contributed by atoms with Gasteiger partial charge >= 0.3 is 0 Å². The highest BCUT2D eigenvalue weighted by Gasteiger charge is 2.51. The first-order valence-corrected chi connectivity index (χ1v) is 28.8. The van der Waals surface area contributed by atoms with Crippen LogP contribution in [0.25, 0.3) is 0 Å². The van der Waals surface area contributed by atoms with Gasteiger partial charge in [-0.1, -0.05) is 27.7 Å². The minimum atomic E-state index is -1.94. The van der Waals surface area contributed by atoms with Crippen LogP contribution in [0.1, 0.15) is 34.1 Å². The maximum absolute atomic E-state index is 6.84. The zero-order valence-electron chi connectivity index (χ0n) is 28.0. The van der Waals surface area contributed by atoms with Crippen molar-refractivity contribution in [2.75, 3.05) is 6.61 Å². The molecule has 0 spiro atoms. The highest BCUT2D eigenvalue weighted by molar-refractivity contribution is 6.70. The summed E-state index contributed by atoms with van der Waals surface area (Å²) in [5.41, 5.74) is 0. The largest absolute Gasteiger partial charge is 0.415 e. The van der Waals surface area contributed by atoms with Crippen molar-refractivity contribution in [2.24, 2.45) is 17.8 Å². The molecule has 0 aromatic heterocycles. The lowest BCUT2D eigenvalue weighted by Crippen LogP contribution is -2.62. The fraction of sp³-hybridized carbons (Fsp3) is 1.00. The monoisotopic (exact) mass is 622 g/mol. The summed E-state index contributed by atoms with van der Waals surface area (Å²) < 4.78 is 47.0. The van der Waals surface area contributed by atoms with Gasteiger partial charge in [-0.2, -0.15) is 0 Å². The van der Waals surface area contributed by atoms with Crippen LogP contribution in [0.15, 0.2) is 0 Å². The molecule has 7 nitrogen and oxygen atoms in total. The number of hydrogen-bond acceptors (Lipinski definition) is 7. The van der Waals surface area contributed by atoms with Crippen LogP contribution in [0, 0.1) is 17.8 Å². The van der Waals surface area contributed by atoms with Gasteiger partial charge in [-0.05, 0) is 90.9 Å². The molecule has 1 unspecified atom stereocenters. The predicted molar refractivity (Wildman–Crippen MR) is 170 cm³/mol. The second-order valence-electron chi connectivity index (χ2n) is 15.7. The van der Waals surface area contributed by atoms with Crippen molar-refractivity contribution in [2.45, 2.75) is 156 Å². The zero-order chi connectivity index (χ0) is 30.1. The molecule has 2 aliphatic rings. The smallest absolute Gasteiger partial charge is 0.188 e. The molecule has 0 aliphatic carbocycles. The van der Waals surface area contributed by atoms with E-state index in [1.54, 1.807) is 0 Å². The number of hydrogen-bond donors (Lipinski definition) is 0. The van der Waals surface area contributed by atoms with Crippen LogP contribution >= 0.6 is 0 Å². The van der Waals surface area contributed by atoms with Gasteiger partial charge in [-0.15, -0.1) is 0 Å². The van der Waals surface area contributed by atoms with E-state index in [1.807, 2.05) is 0 Å². The lowest BCUT2D eigenvalue weighted by Gasteiger charge is -2.51. The Morgan fingerprint density at radius 3 is 1.44 bits per heavy atom. The van der Waals surface area contributed by atoms with E-state index in [9.17, 15) is 0 Å². The quantitative estimate of drug-likeness (QED) is 0.212. The topological polar surface area (TPSA) is 64.6 Å². The summed E-state index contributed by atoms with van der Waals surface area (Å²) in [4.78, 5) is 0. The van der Waals surface area contributed by atoms with Crippen LogP contribution in [0.4, 0.5) is 0 Å². The maximum atomic E-state index is 6.84. The normalized spacial score (nSPS) is 37.2. The molecule has 0 radical (unpaired) electrons. The lowest BCUT2D eigenvalue weighted by molar-refractivity contribution is -0.355. The van der Waals surface area contributed by atoms with Gasteiger partial charge < -0.3 is 31.9 Å². The van der Waals surface area contributed by atoms with Gasteiger partial charge in [0.1, 0.15) is 12.2 Å². The summed E-state index contributed by atoms with van der Waals surface area (Å²) in [6.07, 6.45) is -0.715. The second-order valence-corrected chi connectivity index (χ2v) is 33.6. The average molecular weight is 623 g/mol. The molecule has 10 atom stereocenters. The molecule has 0 aromatic carbocycles. The van der Waals surface area contributed by atoms with Crippen LogP contribution in [-0.2, 0) is 31.9 Å². The molecule has 0 bridgehead atoms. The molecule has 0 aromatic rings. The highest BCUT2D eigenvalue weighted by Crippen LogP contribution is 2.40. The van der Waals surface area contributed by atoms with Crippen molar-refractivity contribution >= 4 is 33.3 Å². The van der Waals surface area contributed by atoms with Crippen molar-refractivity contribution < 1.29 is 31.9 Å². The zero-order valence-corrected chi connectivity index (χ0v) is 32.0. The second kappa shape index (κ2) is 13.5. The van der Waals surface area contributed by atoms with Crippen molar-refractivity contribution in [1.82, 2.24) is 0 Å². The van der Waals surface area contributed by atoms with Crippen LogP contribution in [0.2, 0.25) is 78.6 Å². The first-order valence-electron chi connectivity index (χ1n) is 15.1. The Labute approximate surface area is 244 Å². The van der Waals surface area contributed by atoms with Gasteiger partial charge in [0.15, 0.2) is 45.8 Å². The van der Waals surface area contributed by atoms with Crippen LogP contribution < -0.4 is 0 Å². The van der Waals surface area contributed by atoms with Gasteiger partial charge in [-0.25, -0.2) is 0 Å². The van der Waals surface area contributed by atoms with E-state index >= 15 is 0 Å². The Kier molecular flexibility index (Phi) is 12.4. The standard InChI is InChI=1S/C28H62O7Si4/c1-17-22-21(4)25(34-38(11,12)13)26(35-39(14,15)16)28(30-22)32-27-20(3)19(2)24(33-37(8,9)10)23(31-27)18-29-36(5,6)7/h19-28H,17-18H2,1-16H3/t19-,20-,21-,22-,23-,24?,25+,26-,27-,28-/m1/s1. The number of ether oxygens (including phenoxy) is 3. The first kappa shape index (κ1) is 35.8. The molecule has 0 N–H and O–H groups in total. The fourth-order valence-corrected chi connectivity index (χ4v) is 9.41. The molecule has 2 saturated heterocycles. The molecular formula is C28H62O7Si4. The van der Waals surface area contributed by atoms with E-state index < -0.39 is 45.8 Å². The Balaban J connectivity index is 2.40. The summed E-state index contributed by atoms with van der Waals surface area (Å²) in [5.74, 6) is 0.556. The third-order valence-electron chi connectivity index (χ3n) is 7.28. The Morgan fingerprint density at radius 1 is 0.513 bits per heavy atom. The van der Waals surface area contributed by atoms with Crippen LogP contribution in [0.3, 0.4) is 0 Å². The molecule has 0 saturated carbocycles. The molecule has 232 valence electrons. The minimum Gasteiger partial charge on any atom is -0.415 e. The van der Waals surface area contributed by atoms with Gasteiger partial charge in [0, 0.05) is 11.8 Å². The first-order chi connectivity index (χ1) is 17.5. The lowest BCUT2D eigenvalue weighted by atomic mass is 9.84. The van der Waals surface area contributed by atoms with Gasteiger partial charge in [0.25, 0.3) is 0 Å². The molecule has 39 heavy (non-hydrogen) atoms. The molecule has 0 amide bonds. The van der Waals surface area contributed by atoms with E-state index in [1.165, 1.54) is 0 Å². The van der Waals surface area contributed by atoms with E-state index in [4.69, 9.17) is 31.9 Å². The van der Waals surface area contributed by atoms with E-state index in [2.05, 4.69) is 106 Å². The Morgan fingerprint density at radius 2 is 0.974 bits per heavy atom. The van der Waals surface area contributed by atoms with Gasteiger partial charge in [0.05, 0.1) is 24.9 Å². The average Bonchev–Trinajstić information content (AvgIpc) is 2.73.